The molecule has 1 amide bonds. The van der Waals surface area contributed by atoms with E-state index >= 15 is 0 Å². The van der Waals surface area contributed by atoms with E-state index in [0.717, 1.165) is 23.4 Å². The second-order valence-corrected chi connectivity index (χ2v) is 5.85. The lowest BCUT2D eigenvalue weighted by Crippen LogP contribution is -2.33. The molecule has 5 heteroatoms. The van der Waals surface area contributed by atoms with E-state index in [0.29, 0.717) is 32.6 Å². The summed E-state index contributed by atoms with van der Waals surface area (Å²) in [4.78, 5) is 11.8. The first kappa shape index (κ1) is 16.3. The SMILES string of the molecule is CC1(CCNC(=O)CCCc2cccc(Cl)c2)OCCO1. The number of carbonyl (C=O) groups excluding carboxylic acids is 1. The number of ether oxygens (including phenoxy) is 2. The van der Waals surface area contributed by atoms with Crippen LogP contribution in [0, 0.1) is 0 Å². The van der Waals surface area contributed by atoms with E-state index in [2.05, 4.69) is 5.32 Å². The number of rotatable bonds is 7. The van der Waals surface area contributed by atoms with E-state index in [1.54, 1.807) is 0 Å². The zero-order valence-electron chi connectivity index (χ0n) is 12.4. The topological polar surface area (TPSA) is 47.6 Å². The van der Waals surface area contributed by atoms with Gasteiger partial charge >= 0.3 is 0 Å². The lowest BCUT2D eigenvalue weighted by Gasteiger charge is -2.22. The fourth-order valence-corrected chi connectivity index (χ4v) is 2.58. The third-order valence-electron chi connectivity index (χ3n) is 3.56. The van der Waals surface area contributed by atoms with Crippen LogP contribution in [0.1, 0.15) is 31.7 Å². The number of hydrogen-bond acceptors (Lipinski definition) is 3. The molecule has 0 bridgehead atoms. The predicted molar refractivity (Wildman–Crippen MR) is 82.3 cm³/mol. The van der Waals surface area contributed by atoms with E-state index in [-0.39, 0.29) is 5.91 Å². The first-order valence-corrected chi connectivity index (χ1v) is 7.74. The molecule has 116 valence electrons. The molecule has 0 atom stereocenters. The van der Waals surface area contributed by atoms with Crippen LogP contribution in [-0.4, -0.2) is 31.5 Å². The Hall–Kier alpha value is -1.10. The van der Waals surface area contributed by atoms with Crippen LogP contribution in [0.5, 0.6) is 0 Å². The molecule has 2 rings (SSSR count). The van der Waals surface area contributed by atoms with Crippen molar-refractivity contribution in [3.63, 3.8) is 0 Å². The molecule has 1 aromatic carbocycles. The second-order valence-electron chi connectivity index (χ2n) is 5.41. The molecule has 1 aliphatic heterocycles. The first-order chi connectivity index (χ1) is 10.1. The Morgan fingerprint density at radius 3 is 2.86 bits per heavy atom. The Bertz CT molecular complexity index is 472. The van der Waals surface area contributed by atoms with Crippen molar-refractivity contribution in [3.8, 4) is 0 Å². The van der Waals surface area contributed by atoms with Gasteiger partial charge in [-0.25, -0.2) is 0 Å². The Morgan fingerprint density at radius 2 is 2.14 bits per heavy atom. The minimum absolute atomic E-state index is 0.0682. The number of aryl methyl sites for hydroxylation is 1. The number of hydrogen-bond donors (Lipinski definition) is 1. The number of carbonyl (C=O) groups is 1. The fraction of sp³-hybridized carbons (Fsp3) is 0.562. The summed E-state index contributed by atoms with van der Waals surface area (Å²) in [6, 6.07) is 7.75. The Labute approximate surface area is 130 Å². The molecule has 1 N–H and O–H groups in total. The third kappa shape index (κ3) is 5.65. The minimum Gasteiger partial charge on any atom is -0.356 e. The molecular formula is C16H22ClNO3. The largest absolute Gasteiger partial charge is 0.356 e. The molecule has 4 nitrogen and oxygen atoms in total. The summed E-state index contributed by atoms with van der Waals surface area (Å²) in [5, 5.41) is 3.65. The van der Waals surface area contributed by atoms with Crippen molar-refractivity contribution in [1.82, 2.24) is 5.32 Å². The van der Waals surface area contributed by atoms with Crippen LogP contribution < -0.4 is 5.32 Å². The summed E-state index contributed by atoms with van der Waals surface area (Å²) in [7, 11) is 0. The maximum atomic E-state index is 11.8. The van der Waals surface area contributed by atoms with Gasteiger partial charge in [-0.15, -0.1) is 0 Å². The van der Waals surface area contributed by atoms with E-state index < -0.39 is 5.79 Å². The highest BCUT2D eigenvalue weighted by Crippen LogP contribution is 2.21. The quantitative estimate of drug-likeness (QED) is 0.842. The van der Waals surface area contributed by atoms with Crippen molar-refractivity contribution in [1.29, 1.82) is 0 Å². The Morgan fingerprint density at radius 1 is 1.38 bits per heavy atom. The molecule has 21 heavy (non-hydrogen) atoms. The van der Waals surface area contributed by atoms with Crippen molar-refractivity contribution in [2.24, 2.45) is 0 Å². The normalized spacial score (nSPS) is 16.9. The van der Waals surface area contributed by atoms with Crippen LogP contribution >= 0.6 is 11.6 Å². The van der Waals surface area contributed by atoms with E-state index in [4.69, 9.17) is 21.1 Å². The van der Waals surface area contributed by atoms with Gasteiger partial charge in [0.05, 0.1) is 13.2 Å². The van der Waals surface area contributed by atoms with Gasteiger partial charge in [0, 0.05) is 24.4 Å². The predicted octanol–water partition coefficient (Wildman–Crippen LogP) is 2.93. The smallest absolute Gasteiger partial charge is 0.220 e. The van der Waals surface area contributed by atoms with Crippen molar-refractivity contribution < 1.29 is 14.3 Å². The van der Waals surface area contributed by atoms with E-state index in [1.165, 1.54) is 0 Å². The van der Waals surface area contributed by atoms with Crippen LogP contribution in [0.4, 0.5) is 0 Å². The minimum atomic E-state index is -0.534. The molecule has 1 aliphatic rings. The highest BCUT2D eigenvalue weighted by molar-refractivity contribution is 6.30. The lowest BCUT2D eigenvalue weighted by molar-refractivity contribution is -0.146. The van der Waals surface area contributed by atoms with E-state index in [1.807, 2.05) is 31.2 Å². The molecule has 1 heterocycles. The van der Waals surface area contributed by atoms with Crippen molar-refractivity contribution in [2.45, 2.75) is 38.4 Å². The summed E-state index contributed by atoms with van der Waals surface area (Å²) in [6.07, 6.45) is 2.87. The van der Waals surface area contributed by atoms with Gasteiger partial charge in [0.1, 0.15) is 0 Å². The Balaban J connectivity index is 1.59. The lowest BCUT2D eigenvalue weighted by atomic mass is 10.1. The van der Waals surface area contributed by atoms with Gasteiger partial charge in [-0.05, 0) is 37.5 Å². The highest BCUT2D eigenvalue weighted by Gasteiger charge is 2.30. The summed E-state index contributed by atoms with van der Waals surface area (Å²) in [6.45, 7) is 3.74. The van der Waals surface area contributed by atoms with Gasteiger partial charge in [-0.3, -0.25) is 4.79 Å². The maximum absolute atomic E-state index is 11.8. The Kier molecular flexibility index (Phi) is 6.03. The highest BCUT2D eigenvalue weighted by atomic mass is 35.5. The third-order valence-corrected chi connectivity index (χ3v) is 3.79. The molecule has 1 aromatic rings. The number of halogens is 1. The second kappa shape index (κ2) is 7.78. The number of amides is 1. The maximum Gasteiger partial charge on any atom is 0.220 e. The van der Waals surface area contributed by atoms with Gasteiger partial charge in [0.25, 0.3) is 0 Å². The molecule has 0 aromatic heterocycles. The monoisotopic (exact) mass is 311 g/mol. The van der Waals surface area contributed by atoms with Crippen molar-refractivity contribution >= 4 is 17.5 Å². The summed E-state index contributed by atoms with van der Waals surface area (Å²) < 4.78 is 11.0. The molecule has 0 aliphatic carbocycles. The van der Waals surface area contributed by atoms with Crippen LogP contribution in [-0.2, 0) is 20.7 Å². The zero-order valence-corrected chi connectivity index (χ0v) is 13.1. The summed E-state index contributed by atoms with van der Waals surface area (Å²) >= 11 is 5.93. The average Bonchev–Trinajstić information content (AvgIpc) is 2.86. The van der Waals surface area contributed by atoms with Crippen LogP contribution in [0.25, 0.3) is 0 Å². The fourth-order valence-electron chi connectivity index (χ4n) is 2.36. The zero-order chi connectivity index (χ0) is 15.1. The van der Waals surface area contributed by atoms with Crippen LogP contribution in [0.3, 0.4) is 0 Å². The number of benzene rings is 1. The van der Waals surface area contributed by atoms with E-state index in [9.17, 15) is 4.79 Å². The molecule has 0 unspecified atom stereocenters. The van der Waals surface area contributed by atoms with Crippen molar-refractivity contribution in [3.05, 3.63) is 34.9 Å². The molecule has 0 saturated carbocycles. The van der Waals surface area contributed by atoms with Gasteiger partial charge in [0.2, 0.25) is 5.91 Å². The van der Waals surface area contributed by atoms with Gasteiger partial charge < -0.3 is 14.8 Å². The molecule has 0 spiro atoms. The van der Waals surface area contributed by atoms with Crippen molar-refractivity contribution in [2.75, 3.05) is 19.8 Å². The summed E-state index contributed by atoms with van der Waals surface area (Å²) in [5.41, 5.74) is 1.16. The average molecular weight is 312 g/mol. The molecule has 0 radical (unpaired) electrons. The number of nitrogens with one attached hydrogen (secondary N) is 1. The van der Waals surface area contributed by atoms with Gasteiger partial charge in [-0.1, -0.05) is 23.7 Å². The molecule has 1 saturated heterocycles. The van der Waals surface area contributed by atoms with Gasteiger partial charge in [-0.2, -0.15) is 0 Å². The van der Waals surface area contributed by atoms with Crippen LogP contribution in [0.15, 0.2) is 24.3 Å². The summed E-state index contributed by atoms with van der Waals surface area (Å²) in [5.74, 6) is -0.465. The first-order valence-electron chi connectivity index (χ1n) is 7.36. The van der Waals surface area contributed by atoms with Crippen LogP contribution in [0.2, 0.25) is 5.02 Å². The molecule has 1 fully saturated rings. The molecular weight excluding hydrogens is 290 g/mol. The standard InChI is InChI=1S/C16H22ClNO3/c1-16(20-10-11-21-16)8-9-18-15(19)7-3-5-13-4-2-6-14(17)12-13/h2,4,6,12H,3,5,7-11H2,1H3,(H,18,19). The van der Waals surface area contributed by atoms with Gasteiger partial charge in [0.15, 0.2) is 5.79 Å².